The van der Waals surface area contributed by atoms with E-state index >= 15 is 0 Å². The molecule has 1 atom stereocenters. The Morgan fingerprint density at radius 2 is 1.81 bits per heavy atom. The number of hydrogen-bond acceptors (Lipinski definition) is 3. The first-order chi connectivity index (χ1) is 7.56. The molecule has 0 aromatic rings. The van der Waals surface area contributed by atoms with Crippen LogP contribution in [0, 0.1) is 0 Å². The van der Waals surface area contributed by atoms with Gasteiger partial charge in [-0.25, -0.2) is 0 Å². The van der Waals surface area contributed by atoms with Crippen LogP contribution in [-0.2, 0) is 14.3 Å². The van der Waals surface area contributed by atoms with Crippen molar-refractivity contribution in [2.45, 2.75) is 64.9 Å². The van der Waals surface area contributed by atoms with Gasteiger partial charge in [0.2, 0.25) is 0 Å². The molecule has 0 aromatic heterocycles. The second-order valence-electron chi connectivity index (χ2n) is 4.04. The minimum absolute atomic E-state index is 0.0214. The highest BCUT2D eigenvalue weighted by molar-refractivity contribution is 5.70. The monoisotopic (exact) mass is 230 g/mol. The Kier molecular flexibility index (Phi) is 8.58. The zero-order valence-corrected chi connectivity index (χ0v) is 10.2. The molecule has 94 valence electrons. The maximum Gasteiger partial charge on any atom is 0.306 e. The summed E-state index contributed by atoms with van der Waals surface area (Å²) in [7, 11) is 0. The molecule has 0 heterocycles. The van der Waals surface area contributed by atoms with Crippen molar-refractivity contribution in [3.63, 3.8) is 0 Å². The van der Waals surface area contributed by atoms with Gasteiger partial charge in [0.1, 0.15) is 0 Å². The van der Waals surface area contributed by atoms with Crippen LogP contribution in [0.3, 0.4) is 0 Å². The van der Waals surface area contributed by atoms with E-state index in [-0.39, 0.29) is 18.5 Å². The molecule has 0 fully saturated rings. The van der Waals surface area contributed by atoms with Gasteiger partial charge >= 0.3 is 11.9 Å². The number of aliphatic carboxylic acids is 1. The molecule has 0 bridgehead atoms. The van der Waals surface area contributed by atoms with Crippen LogP contribution >= 0.6 is 0 Å². The Morgan fingerprint density at radius 3 is 2.38 bits per heavy atom. The number of unbranched alkanes of at least 4 members (excludes halogenated alkanes) is 2. The van der Waals surface area contributed by atoms with Gasteiger partial charge in [-0.15, -0.1) is 0 Å². The molecular weight excluding hydrogens is 208 g/mol. The van der Waals surface area contributed by atoms with Gasteiger partial charge in [-0.05, 0) is 26.2 Å². The molecule has 0 saturated heterocycles. The first kappa shape index (κ1) is 14.9. The van der Waals surface area contributed by atoms with Gasteiger partial charge in [0.05, 0.1) is 6.10 Å². The third-order valence-corrected chi connectivity index (χ3v) is 2.32. The molecule has 0 radical (unpaired) electrons. The summed E-state index contributed by atoms with van der Waals surface area (Å²) in [5.41, 5.74) is 0. The number of carbonyl (C=O) groups is 2. The predicted molar refractivity (Wildman–Crippen MR) is 61.2 cm³/mol. The molecule has 0 amide bonds. The van der Waals surface area contributed by atoms with E-state index in [2.05, 4.69) is 6.92 Å². The molecule has 4 heteroatoms. The minimum atomic E-state index is -0.815. The smallest absolute Gasteiger partial charge is 0.306 e. The Balaban J connectivity index is 3.46. The van der Waals surface area contributed by atoms with Gasteiger partial charge in [0.15, 0.2) is 0 Å². The number of rotatable bonds is 9. The standard InChI is InChI=1S/C12H22O4/c1-3-4-7-10(2)16-12(15)9-6-5-8-11(13)14/h10H,3-9H2,1-2H3,(H,13,14). The maximum atomic E-state index is 11.3. The summed E-state index contributed by atoms with van der Waals surface area (Å²) in [5.74, 6) is -1.03. The molecule has 1 N–H and O–H groups in total. The average molecular weight is 230 g/mol. The largest absolute Gasteiger partial charge is 0.481 e. The van der Waals surface area contributed by atoms with Crippen molar-refractivity contribution in [3.8, 4) is 0 Å². The number of ether oxygens (including phenoxy) is 1. The molecule has 1 unspecified atom stereocenters. The van der Waals surface area contributed by atoms with Crippen molar-refractivity contribution in [1.82, 2.24) is 0 Å². The second kappa shape index (κ2) is 9.19. The van der Waals surface area contributed by atoms with Crippen LogP contribution in [0.25, 0.3) is 0 Å². The fourth-order valence-electron chi connectivity index (χ4n) is 1.38. The molecule has 0 aliphatic carbocycles. The van der Waals surface area contributed by atoms with Crippen molar-refractivity contribution >= 4 is 11.9 Å². The summed E-state index contributed by atoms with van der Waals surface area (Å²) in [6.45, 7) is 3.99. The highest BCUT2D eigenvalue weighted by atomic mass is 16.5. The van der Waals surface area contributed by atoms with Crippen molar-refractivity contribution < 1.29 is 19.4 Å². The van der Waals surface area contributed by atoms with Crippen molar-refractivity contribution in [2.24, 2.45) is 0 Å². The molecule has 0 rings (SSSR count). The van der Waals surface area contributed by atoms with Crippen LogP contribution < -0.4 is 0 Å². The SMILES string of the molecule is CCCCC(C)OC(=O)CCCCC(=O)O. The molecule has 0 spiro atoms. The molecule has 0 aliphatic rings. The fraction of sp³-hybridized carbons (Fsp3) is 0.833. The Morgan fingerprint density at radius 1 is 1.19 bits per heavy atom. The van der Waals surface area contributed by atoms with E-state index in [9.17, 15) is 9.59 Å². The van der Waals surface area contributed by atoms with E-state index in [4.69, 9.17) is 9.84 Å². The average Bonchev–Trinajstić information content (AvgIpc) is 2.21. The van der Waals surface area contributed by atoms with Crippen LogP contribution in [0.1, 0.15) is 58.8 Å². The molecule has 0 aliphatic heterocycles. The molecule has 0 saturated carbocycles. The van der Waals surface area contributed by atoms with E-state index in [1.807, 2.05) is 6.92 Å². The van der Waals surface area contributed by atoms with Gasteiger partial charge < -0.3 is 9.84 Å². The summed E-state index contributed by atoms with van der Waals surface area (Å²) < 4.78 is 5.17. The van der Waals surface area contributed by atoms with Crippen LogP contribution in [0.2, 0.25) is 0 Å². The van der Waals surface area contributed by atoms with Crippen LogP contribution in [-0.4, -0.2) is 23.1 Å². The molecule has 0 aromatic carbocycles. The van der Waals surface area contributed by atoms with Gasteiger partial charge in [-0.1, -0.05) is 19.8 Å². The van der Waals surface area contributed by atoms with Crippen LogP contribution in [0.15, 0.2) is 0 Å². The van der Waals surface area contributed by atoms with Crippen molar-refractivity contribution in [3.05, 3.63) is 0 Å². The van der Waals surface area contributed by atoms with Crippen LogP contribution in [0.5, 0.6) is 0 Å². The Bertz CT molecular complexity index is 213. The fourth-order valence-corrected chi connectivity index (χ4v) is 1.38. The number of carboxylic acid groups (broad SMARTS) is 1. The van der Waals surface area contributed by atoms with E-state index < -0.39 is 5.97 Å². The lowest BCUT2D eigenvalue weighted by molar-refractivity contribution is -0.149. The summed E-state index contributed by atoms with van der Waals surface area (Å²) in [6.07, 6.45) is 4.61. The quantitative estimate of drug-likeness (QED) is 0.488. The molecule has 16 heavy (non-hydrogen) atoms. The zero-order chi connectivity index (χ0) is 12.4. The summed E-state index contributed by atoms with van der Waals surface area (Å²) in [4.78, 5) is 21.5. The molecular formula is C12H22O4. The Labute approximate surface area is 97.0 Å². The number of hydrogen-bond donors (Lipinski definition) is 1. The highest BCUT2D eigenvalue weighted by Gasteiger charge is 2.08. The molecule has 4 nitrogen and oxygen atoms in total. The lowest BCUT2D eigenvalue weighted by Crippen LogP contribution is -2.14. The third-order valence-electron chi connectivity index (χ3n) is 2.32. The third kappa shape index (κ3) is 9.49. The summed E-state index contributed by atoms with van der Waals surface area (Å²) >= 11 is 0. The van der Waals surface area contributed by atoms with Gasteiger partial charge in [0, 0.05) is 12.8 Å². The van der Waals surface area contributed by atoms with Gasteiger partial charge in [-0.2, -0.15) is 0 Å². The predicted octanol–water partition coefficient (Wildman–Crippen LogP) is 2.75. The maximum absolute atomic E-state index is 11.3. The van der Waals surface area contributed by atoms with Crippen molar-refractivity contribution in [2.75, 3.05) is 0 Å². The van der Waals surface area contributed by atoms with E-state index in [0.717, 1.165) is 19.3 Å². The van der Waals surface area contributed by atoms with Gasteiger partial charge in [0.25, 0.3) is 0 Å². The zero-order valence-electron chi connectivity index (χ0n) is 10.2. The Hall–Kier alpha value is -1.06. The topological polar surface area (TPSA) is 63.6 Å². The lowest BCUT2D eigenvalue weighted by Gasteiger charge is -2.12. The summed E-state index contributed by atoms with van der Waals surface area (Å²) in [6, 6.07) is 0. The number of carbonyl (C=O) groups excluding carboxylic acids is 1. The summed E-state index contributed by atoms with van der Waals surface area (Å²) in [5, 5.41) is 8.41. The first-order valence-electron chi connectivity index (χ1n) is 5.97. The normalized spacial score (nSPS) is 12.1. The lowest BCUT2D eigenvalue weighted by atomic mass is 10.2. The first-order valence-corrected chi connectivity index (χ1v) is 5.97. The van der Waals surface area contributed by atoms with Crippen molar-refractivity contribution in [1.29, 1.82) is 0 Å². The van der Waals surface area contributed by atoms with Crippen LogP contribution in [0.4, 0.5) is 0 Å². The van der Waals surface area contributed by atoms with E-state index in [0.29, 0.717) is 19.3 Å². The van der Waals surface area contributed by atoms with E-state index in [1.54, 1.807) is 0 Å². The van der Waals surface area contributed by atoms with E-state index in [1.165, 1.54) is 0 Å². The van der Waals surface area contributed by atoms with Gasteiger partial charge in [-0.3, -0.25) is 9.59 Å². The number of esters is 1. The highest BCUT2D eigenvalue weighted by Crippen LogP contribution is 2.07. The minimum Gasteiger partial charge on any atom is -0.481 e. The second-order valence-corrected chi connectivity index (χ2v) is 4.04. The number of carboxylic acids is 1.